The Morgan fingerprint density at radius 1 is 1.28 bits per heavy atom. The molecule has 134 valence electrons. The largest absolute Gasteiger partial charge is 0.355 e. The van der Waals surface area contributed by atoms with E-state index >= 15 is 0 Å². The Kier molecular flexibility index (Phi) is 5.48. The molecule has 2 aromatic rings. The fourth-order valence-electron chi connectivity index (χ4n) is 3.38. The van der Waals surface area contributed by atoms with Crippen LogP contribution >= 0.6 is 0 Å². The maximum Gasteiger partial charge on any atom is 0.237 e. The number of hydrogen-bond acceptors (Lipinski definition) is 4. The monoisotopic (exact) mass is 341 g/mol. The van der Waals surface area contributed by atoms with Crippen molar-refractivity contribution in [2.24, 2.45) is 0 Å². The molecule has 6 nitrogen and oxygen atoms in total. The van der Waals surface area contributed by atoms with Crippen molar-refractivity contribution >= 4 is 5.91 Å². The molecule has 1 aromatic carbocycles. The quantitative estimate of drug-likeness (QED) is 0.815. The molecule has 2 heterocycles. The van der Waals surface area contributed by atoms with Crippen LogP contribution in [0.5, 0.6) is 0 Å². The van der Waals surface area contributed by atoms with E-state index < -0.39 is 0 Å². The third kappa shape index (κ3) is 4.25. The van der Waals surface area contributed by atoms with Crippen LogP contribution in [0.3, 0.4) is 0 Å². The second-order valence-electron chi connectivity index (χ2n) is 6.74. The zero-order chi connectivity index (χ0) is 17.8. The first-order chi connectivity index (χ1) is 12.0. The van der Waals surface area contributed by atoms with E-state index in [1.807, 2.05) is 25.5 Å². The first-order valence-corrected chi connectivity index (χ1v) is 9.01. The minimum absolute atomic E-state index is 0.103. The number of nitrogens with one attached hydrogen (secondary N) is 1. The summed E-state index contributed by atoms with van der Waals surface area (Å²) < 4.78 is 1.90. The number of hydrogen-bond donors (Lipinski definition) is 1. The van der Waals surface area contributed by atoms with Crippen molar-refractivity contribution in [2.45, 2.75) is 52.7 Å². The van der Waals surface area contributed by atoms with Gasteiger partial charge in [0.1, 0.15) is 11.6 Å². The maximum atomic E-state index is 12.4. The van der Waals surface area contributed by atoms with Gasteiger partial charge in [0.2, 0.25) is 5.91 Å². The first kappa shape index (κ1) is 17.6. The van der Waals surface area contributed by atoms with Crippen molar-refractivity contribution in [3.05, 3.63) is 47.0 Å². The predicted molar refractivity (Wildman–Crippen MR) is 97.1 cm³/mol. The van der Waals surface area contributed by atoms with Gasteiger partial charge in [-0.3, -0.25) is 14.4 Å². The topological polar surface area (TPSA) is 63.1 Å². The lowest BCUT2D eigenvalue weighted by molar-refractivity contribution is -0.126. The maximum absolute atomic E-state index is 12.4. The number of benzene rings is 1. The number of aromatic nitrogens is 3. The molecule has 1 aliphatic heterocycles. The van der Waals surface area contributed by atoms with E-state index in [2.05, 4.69) is 44.6 Å². The molecule has 0 radical (unpaired) electrons. The summed E-state index contributed by atoms with van der Waals surface area (Å²) in [7, 11) is 0. The number of carbonyl (C=O) groups excluding carboxylic acids is 1. The Labute approximate surface area is 149 Å². The molecule has 6 heteroatoms. The van der Waals surface area contributed by atoms with Gasteiger partial charge in [0.05, 0.1) is 6.04 Å². The van der Waals surface area contributed by atoms with Crippen LogP contribution in [0.15, 0.2) is 24.3 Å². The summed E-state index contributed by atoms with van der Waals surface area (Å²) in [6.07, 6.45) is 1.86. The van der Waals surface area contributed by atoms with Crippen LogP contribution in [0.4, 0.5) is 0 Å². The van der Waals surface area contributed by atoms with Crippen LogP contribution in [0.2, 0.25) is 0 Å². The molecule has 0 bridgehead atoms. The number of rotatable bonds is 6. The van der Waals surface area contributed by atoms with Crippen molar-refractivity contribution in [1.82, 2.24) is 25.0 Å². The molecule has 0 aliphatic carbocycles. The first-order valence-electron chi connectivity index (χ1n) is 9.01. The molecule has 25 heavy (non-hydrogen) atoms. The van der Waals surface area contributed by atoms with E-state index in [-0.39, 0.29) is 11.9 Å². The normalized spacial score (nSPS) is 15.6. The van der Waals surface area contributed by atoms with Crippen LogP contribution in [0.1, 0.15) is 36.1 Å². The highest BCUT2D eigenvalue weighted by molar-refractivity contribution is 5.81. The molecule has 1 aliphatic rings. The minimum Gasteiger partial charge on any atom is -0.355 e. The molecular weight excluding hydrogens is 314 g/mol. The van der Waals surface area contributed by atoms with Crippen molar-refractivity contribution < 1.29 is 4.79 Å². The van der Waals surface area contributed by atoms with Gasteiger partial charge < -0.3 is 5.32 Å². The predicted octanol–water partition coefficient (Wildman–Crippen LogP) is 1.85. The summed E-state index contributed by atoms with van der Waals surface area (Å²) in [5, 5.41) is 7.40. The molecule has 1 atom stereocenters. The van der Waals surface area contributed by atoms with Crippen LogP contribution < -0.4 is 5.32 Å². The second kappa shape index (κ2) is 7.78. The zero-order valence-corrected chi connectivity index (χ0v) is 15.3. The summed E-state index contributed by atoms with van der Waals surface area (Å²) in [6, 6.07) is 8.40. The molecule has 1 amide bonds. The van der Waals surface area contributed by atoms with Gasteiger partial charge in [0.25, 0.3) is 0 Å². The van der Waals surface area contributed by atoms with Crippen molar-refractivity contribution in [3.63, 3.8) is 0 Å². The van der Waals surface area contributed by atoms with E-state index in [0.29, 0.717) is 6.54 Å². The summed E-state index contributed by atoms with van der Waals surface area (Å²) in [5.74, 6) is 1.82. The zero-order valence-electron chi connectivity index (χ0n) is 15.3. The highest BCUT2D eigenvalue weighted by Crippen LogP contribution is 2.20. The number of nitrogens with zero attached hydrogens (tertiary/aromatic N) is 4. The fraction of sp³-hybridized carbons (Fsp3) is 0.526. The third-order valence-electron chi connectivity index (χ3n) is 4.90. The smallest absolute Gasteiger partial charge is 0.237 e. The standard InChI is InChI=1S/C19H27N5O/c1-14(23-12-9-17-7-4-5-8-18(17)13-23)19(25)20-10-6-11-24-16(3)21-15(2)22-24/h4-5,7-8,14H,6,9-13H2,1-3H3,(H,20,25)/t14-/m1/s1. The highest BCUT2D eigenvalue weighted by atomic mass is 16.2. The van der Waals surface area contributed by atoms with Gasteiger partial charge in [-0.05, 0) is 44.7 Å². The minimum atomic E-state index is -0.108. The van der Waals surface area contributed by atoms with Gasteiger partial charge >= 0.3 is 0 Å². The molecule has 0 saturated carbocycles. The van der Waals surface area contributed by atoms with Crippen molar-refractivity contribution in [3.8, 4) is 0 Å². The molecular formula is C19H27N5O. The average Bonchev–Trinajstić information content (AvgIpc) is 2.94. The molecule has 3 rings (SSSR count). The molecule has 1 aromatic heterocycles. The fourth-order valence-corrected chi connectivity index (χ4v) is 3.38. The lowest BCUT2D eigenvalue weighted by atomic mass is 9.99. The highest BCUT2D eigenvalue weighted by Gasteiger charge is 2.24. The Hall–Kier alpha value is -2.21. The van der Waals surface area contributed by atoms with Crippen molar-refractivity contribution in [1.29, 1.82) is 0 Å². The number of carbonyl (C=O) groups is 1. The average molecular weight is 341 g/mol. The summed E-state index contributed by atoms with van der Waals surface area (Å²) >= 11 is 0. The second-order valence-corrected chi connectivity index (χ2v) is 6.74. The molecule has 0 spiro atoms. The van der Waals surface area contributed by atoms with E-state index in [1.54, 1.807) is 0 Å². The number of amides is 1. The number of fused-ring (bicyclic) bond motifs is 1. The van der Waals surface area contributed by atoms with E-state index in [9.17, 15) is 4.79 Å². The Morgan fingerprint density at radius 3 is 2.76 bits per heavy atom. The van der Waals surface area contributed by atoms with Gasteiger partial charge in [0.15, 0.2) is 0 Å². The van der Waals surface area contributed by atoms with Gasteiger partial charge in [-0.15, -0.1) is 0 Å². The van der Waals surface area contributed by atoms with E-state index in [1.165, 1.54) is 11.1 Å². The van der Waals surface area contributed by atoms with Crippen LogP contribution in [-0.4, -0.2) is 44.7 Å². The van der Waals surface area contributed by atoms with Crippen molar-refractivity contribution in [2.75, 3.05) is 13.1 Å². The Balaban J connectivity index is 1.44. The van der Waals surface area contributed by atoms with E-state index in [4.69, 9.17) is 0 Å². The molecule has 0 unspecified atom stereocenters. The molecule has 1 N–H and O–H groups in total. The van der Waals surface area contributed by atoms with Gasteiger partial charge in [-0.25, -0.2) is 4.98 Å². The number of aryl methyl sites for hydroxylation is 3. The van der Waals surface area contributed by atoms with Crippen LogP contribution in [0, 0.1) is 13.8 Å². The van der Waals surface area contributed by atoms with Gasteiger partial charge in [0, 0.05) is 26.2 Å². The van der Waals surface area contributed by atoms with Gasteiger partial charge in [-0.2, -0.15) is 5.10 Å². The van der Waals surface area contributed by atoms with Crippen LogP contribution in [-0.2, 0) is 24.3 Å². The Morgan fingerprint density at radius 2 is 2.04 bits per heavy atom. The molecule has 0 fully saturated rings. The lowest BCUT2D eigenvalue weighted by Gasteiger charge is -2.32. The summed E-state index contributed by atoms with van der Waals surface area (Å²) in [4.78, 5) is 19.0. The SMILES string of the molecule is Cc1nc(C)n(CCCNC(=O)[C@@H](C)N2CCc3ccccc3C2)n1. The van der Waals surface area contributed by atoms with E-state index in [0.717, 1.165) is 44.1 Å². The summed E-state index contributed by atoms with van der Waals surface area (Å²) in [6.45, 7) is 9.06. The molecule has 0 saturated heterocycles. The van der Waals surface area contributed by atoms with Gasteiger partial charge in [-0.1, -0.05) is 24.3 Å². The lowest BCUT2D eigenvalue weighted by Crippen LogP contribution is -2.47. The summed E-state index contributed by atoms with van der Waals surface area (Å²) in [5.41, 5.74) is 2.75. The Bertz CT molecular complexity index is 739. The van der Waals surface area contributed by atoms with Crippen LogP contribution in [0.25, 0.3) is 0 Å². The third-order valence-corrected chi connectivity index (χ3v) is 4.90.